The normalized spacial score (nSPS) is 16.9. The summed E-state index contributed by atoms with van der Waals surface area (Å²) in [7, 11) is 0. The lowest BCUT2D eigenvalue weighted by molar-refractivity contribution is -0.116. The molecule has 8 nitrogen and oxygen atoms in total. The van der Waals surface area contributed by atoms with E-state index in [-0.39, 0.29) is 17.9 Å². The minimum atomic E-state index is -0.441. The van der Waals surface area contributed by atoms with Crippen molar-refractivity contribution in [3.05, 3.63) is 66.3 Å². The Morgan fingerprint density at radius 2 is 1.90 bits per heavy atom. The minimum Gasteiger partial charge on any atom is -0.387 e. The van der Waals surface area contributed by atoms with Gasteiger partial charge >= 0.3 is 0 Å². The van der Waals surface area contributed by atoms with Gasteiger partial charge in [0, 0.05) is 24.4 Å². The largest absolute Gasteiger partial charge is 0.387 e. The van der Waals surface area contributed by atoms with E-state index < -0.39 is 6.04 Å². The molecule has 1 aliphatic heterocycles. The minimum absolute atomic E-state index is 0.0394. The molecule has 8 heteroatoms. The van der Waals surface area contributed by atoms with E-state index in [2.05, 4.69) is 25.6 Å². The molecule has 1 aromatic carbocycles. The maximum Gasteiger partial charge on any atom is 0.269 e. The van der Waals surface area contributed by atoms with Crippen molar-refractivity contribution in [2.24, 2.45) is 11.1 Å². The molecular weight excluding hydrogens is 370 g/mol. The van der Waals surface area contributed by atoms with Gasteiger partial charge in [-0.05, 0) is 23.6 Å². The summed E-state index contributed by atoms with van der Waals surface area (Å²) in [5, 5.41) is 11.0. The van der Waals surface area contributed by atoms with E-state index in [1.54, 1.807) is 24.5 Å². The van der Waals surface area contributed by atoms with Crippen molar-refractivity contribution < 1.29 is 14.2 Å². The van der Waals surface area contributed by atoms with Crippen LogP contribution in [-0.2, 0) is 9.63 Å². The molecule has 0 saturated carbocycles. The summed E-state index contributed by atoms with van der Waals surface area (Å²) >= 11 is 0. The van der Waals surface area contributed by atoms with Gasteiger partial charge in [-0.3, -0.25) is 9.78 Å². The number of nitrogens with zero attached hydrogens (tertiary/aromatic N) is 4. The van der Waals surface area contributed by atoms with E-state index in [9.17, 15) is 4.79 Å². The lowest BCUT2D eigenvalue weighted by Crippen LogP contribution is -2.36. The smallest absolute Gasteiger partial charge is 0.269 e. The molecule has 3 heterocycles. The van der Waals surface area contributed by atoms with Gasteiger partial charge in [0.25, 0.3) is 5.91 Å². The van der Waals surface area contributed by atoms with Crippen LogP contribution < -0.4 is 5.32 Å². The van der Waals surface area contributed by atoms with Gasteiger partial charge in [-0.25, -0.2) is 0 Å². The average Bonchev–Trinajstić information content (AvgIpc) is 3.43. The van der Waals surface area contributed by atoms with Gasteiger partial charge in [0.15, 0.2) is 6.10 Å². The molecule has 3 aromatic rings. The quantitative estimate of drug-likeness (QED) is 0.690. The molecule has 0 radical (unpaired) electrons. The van der Waals surface area contributed by atoms with Crippen LogP contribution in [0, 0.1) is 5.92 Å². The first-order chi connectivity index (χ1) is 14.1. The number of carbonyl (C=O) groups excluding carboxylic acids is 1. The molecule has 0 fully saturated rings. The zero-order valence-electron chi connectivity index (χ0n) is 16.1. The number of amides is 1. The highest BCUT2D eigenvalue weighted by molar-refractivity contribution is 6.39. The summed E-state index contributed by atoms with van der Waals surface area (Å²) in [6.07, 6.45) is 3.48. The average molecular weight is 391 g/mol. The number of rotatable bonds is 6. The van der Waals surface area contributed by atoms with Crippen LogP contribution in [0.2, 0.25) is 0 Å². The third-order valence-electron chi connectivity index (χ3n) is 4.70. The van der Waals surface area contributed by atoms with E-state index in [1.165, 1.54) is 0 Å². The number of pyridine rings is 1. The number of nitrogens with one attached hydrogen (secondary N) is 1. The Bertz CT molecular complexity index is 1000. The SMILES string of the molecule is CC(C)C(NC(=O)C1=NOC(c2ccccc2)C1)c1nc(-c2ccncc2)no1. The monoisotopic (exact) mass is 391 g/mol. The van der Waals surface area contributed by atoms with Crippen molar-refractivity contribution >= 4 is 11.6 Å². The van der Waals surface area contributed by atoms with Crippen LogP contribution >= 0.6 is 0 Å². The third kappa shape index (κ3) is 4.16. The van der Waals surface area contributed by atoms with Gasteiger partial charge in [0.2, 0.25) is 11.7 Å². The lowest BCUT2D eigenvalue weighted by atomic mass is 10.0. The van der Waals surface area contributed by atoms with Crippen LogP contribution in [0.1, 0.15) is 43.9 Å². The van der Waals surface area contributed by atoms with Gasteiger partial charge in [0.05, 0.1) is 0 Å². The molecule has 1 aliphatic rings. The Labute approximate surface area is 168 Å². The number of carbonyl (C=O) groups is 1. The summed E-state index contributed by atoms with van der Waals surface area (Å²) in [6, 6.07) is 12.9. The van der Waals surface area contributed by atoms with Crippen molar-refractivity contribution in [1.82, 2.24) is 20.4 Å². The predicted molar refractivity (Wildman–Crippen MR) is 106 cm³/mol. The molecule has 2 unspecified atom stereocenters. The summed E-state index contributed by atoms with van der Waals surface area (Å²) in [6.45, 7) is 3.95. The van der Waals surface area contributed by atoms with Gasteiger partial charge in [-0.2, -0.15) is 4.98 Å². The Balaban J connectivity index is 1.45. The van der Waals surface area contributed by atoms with E-state index in [4.69, 9.17) is 9.36 Å². The standard InChI is InChI=1S/C21H21N5O3/c1-13(2)18(21-24-19(26-29-21)15-8-10-22-11-9-15)23-20(27)16-12-17(28-25-16)14-6-4-3-5-7-14/h3-11,13,17-18H,12H2,1-2H3,(H,23,27). The third-order valence-corrected chi connectivity index (χ3v) is 4.70. The molecule has 2 atom stereocenters. The fourth-order valence-corrected chi connectivity index (χ4v) is 3.08. The van der Waals surface area contributed by atoms with Crippen LogP contribution in [0.3, 0.4) is 0 Å². The maximum absolute atomic E-state index is 12.8. The van der Waals surface area contributed by atoms with Crippen LogP contribution in [-0.4, -0.2) is 26.7 Å². The molecule has 0 bridgehead atoms. The zero-order chi connectivity index (χ0) is 20.2. The highest BCUT2D eigenvalue weighted by Crippen LogP contribution is 2.28. The van der Waals surface area contributed by atoms with Gasteiger partial charge in [-0.15, -0.1) is 0 Å². The van der Waals surface area contributed by atoms with Gasteiger partial charge in [-0.1, -0.05) is 54.5 Å². The second-order valence-corrected chi connectivity index (χ2v) is 7.13. The summed E-state index contributed by atoms with van der Waals surface area (Å²) in [5.41, 5.74) is 2.12. The Hall–Kier alpha value is -3.55. The van der Waals surface area contributed by atoms with Crippen molar-refractivity contribution in [3.63, 3.8) is 0 Å². The van der Waals surface area contributed by atoms with Crippen molar-refractivity contribution in [2.45, 2.75) is 32.4 Å². The predicted octanol–water partition coefficient (Wildman–Crippen LogP) is 3.46. The molecule has 0 saturated heterocycles. The fourth-order valence-electron chi connectivity index (χ4n) is 3.08. The Morgan fingerprint density at radius 3 is 2.62 bits per heavy atom. The Morgan fingerprint density at radius 1 is 1.14 bits per heavy atom. The molecule has 148 valence electrons. The first-order valence-electron chi connectivity index (χ1n) is 9.44. The second-order valence-electron chi connectivity index (χ2n) is 7.13. The number of benzene rings is 1. The van der Waals surface area contributed by atoms with Crippen molar-refractivity contribution in [2.75, 3.05) is 0 Å². The van der Waals surface area contributed by atoms with Crippen LogP contribution in [0.5, 0.6) is 0 Å². The maximum atomic E-state index is 12.8. The molecule has 0 spiro atoms. The molecular formula is C21H21N5O3. The summed E-state index contributed by atoms with van der Waals surface area (Å²) < 4.78 is 5.43. The molecule has 1 N–H and O–H groups in total. The van der Waals surface area contributed by atoms with Crippen LogP contribution in [0.15, 0.2) is 64.5 Å². The second kappa shape index (κ2) is 8.22. The number of aromatic nitrogens is 3. The molecule has 4 rings (SSSR count). The molecule has 0 aliphatic carbocycles. The van der Waals surface area contributed by atoms with E-state index in [0.29, 0.717) is 23.8 Å². The van der Waals surface area contributed by atoms with E-state index in [0.717, 1.165) is 11.1 Å². The topological polar surface area (TPSA) is 102 Å². The summed E-state index contributed by atoms with van der Waals surface area (Å²) in [4.78, 5) is 26.7. The number of hydrogen-bond acceptors (Lipinski definition) is 7. The van der Waals surface area contributed by atoms with Gasteiger partial charge in [0.1, 0.15) is 11.8 Å². The molecule has 29 heavy (non-hydrogen) atoms. The highest BCUT2D eigenvalue weighted by atomic mass is 16.6. The zero-order valence-corrected chi connectivity index (χ0v) is 16.1. The van der Waals surface area contributed by atoms with E-state index in [1.807, 2.05) is 44.2 Å². The van der Waals surface area contributed by atoms with Crippen molar-refractivity contribution in [1.29, 1.82) is 0 Å². The molecule has 1 amide bonds. The first kappa shape index (κ1) is 18.8. The number of hydrogen-bond donors (Lipinski definition) is 1. The number of oxime groups is 1. The molecule has 2 aromatic heterocycles. The highest BCUT2D eigenvalue weighted by Gasteiger charge is 2.31. The van der Waals surface area contributed by atoms with E-state index >= 15 is 0 Å². The first-order valence-corrected chi connectivity index (χ1v) is 9.44. The fraction of sp³-hybridized carbons (Fsp3) is 0.286. The van der Waals surface area contributed by atoms with Crippen LogP contribution in [0.25, 0.3) is 11.4 Å². The summed E-state index contributed by atoms with van der Waals surface area (Å²) in [5.74, 6) is 0.538. The van der Waals surface area contributed by atoms with Crippen molar-refractivity contribution in [3.8, 4) is 11.4 Å². The Kier molecular flexibility index (Phi) is 5.33. The van der Waals surface area contributed by atoms with Crippen LogP contribution in [0.4, 0.5) is 0 Å². The lowest BCUT2D eigenvalue weighted by Gasteiger charge is -2.18. The van der Waals surface area contributed by atoms with Gasteiger partial charge < -0.3 is 14.7 Å².